The van der Waals surface area contributed by atoms with Gasteiger partial charge in [-0.25, -0.2) is 9.97 Å². The van der Waals surface area contributed by atoms with Crippen LogP contribution in [0.25, 0.3) is 11.3 Å². The van der Waals surface area contributed by atoms with Gasteiger partial charge in [-0.2, -0.15) is 0 Å². The van der Waals surface area contributed by atoms with Crippen LogP contribution >= 0.6 is 0 Å². The second-order valence-electron chi connectivity index (χ2n) is 5.90. The zero-order chi connectivity index (χ0) is 14.8. The normalized spacial score (nSPS) is 16.1. The number of hydrogen-bond acceptors (Lipinski definition) is 3. The summed E-state index contributed by atoms with van der Waals surface area (Å²) in [6.07, 6.45) is 2.05. The SMILES string of the molecule is Cc1cccc(-c2nc(C3CCOCC3)nc(C)c2C)c1. The molecule has 110 valence electrons. The van der Waals surface area contributed by atoms with Crippen LogP contribution in [-0.4, -0.2) is 23.2 Å². The van der Waals surface area contributed by atoms with E-state index >= 15 is 0 Å². The molecule has 1 fully saturated rings. The van der Waals surface area contributed by atoms with Gasteiger partial charge in [-0.15, -0.1) is 0 Å². The van der Waals surface area contributed by atoms with E-state index in [0.29, 0.717) is 5.92 Å². The summed E-state index contributed by atoms with van der Waals surface area (Å²) in [4.78, 5) is 9.64. The molecule has 0 atom stereocenters. The standard InChI is InChI=1S/C18H22N2O/c1-12-5-4-6-16(11-12)17-13(2)14(3)19-18(20-17)15-7-9-21-10-8-15/h4-6,11,15H,7-10H2,1-3H3. The Bertz CT molecular complexity index is 646. The van der Waals surface area contributed by atoms with Gasteiger partial charge in [0.15, 0.2) is 0 Å². The van der Waals surface area contributed by atoms with Gasteiger partial charge in [0.2, 0.25) is 0 Å². The van der Waals surface area contributed by atoms with Crippen molar-refractivity contribution >= 4 is 0 Å². The summed E-state index contributed by atoms with van der Waals surface area (Å²) in [7, 11) is 0. The number of hydrogen-bond donors (Lipinski definition) is 0. The molecule has 1 aromatic heterocycles. The van der Waals surface area contributed by atoms with E-state index in [9.17, 15) is 0 Å². The third-order valence-corrected chi connectivity index (χ3v) is 4.28. The average molecular weight is 282 g/mol. The lowest BCUT2D eigenvalue weighted by molar-refractivity contribution is 0.0835. The van der Waals surface area contributed by atoms with Gasteiger partial charge in [-0.1, -0.05) is 23.8 Å². The zero-order valence-electron chi connectivity index (χ0n) is 13.0. The van der Waals surface area contributed by atoms with Crippen LogP contribution in [0.2, 0.25) is 0 Å². The van der Waals surface area contributed by atoms with Crippen molar-refractivity contribution < 1.29 is 4.74 Å². The number of aromatic nitrogens is 2. The fraction of sp³-hybridized carbons (Fsp3) is 0.444. The van der Waals surface area contributed by atoms with Crippen molar-refractivity contribution in [2.24, 2.45) is 0 Å². The number of benzene rings is 1. The van der Waals surface area contributed by atoms with E-state index in [-0.39, 0.29) is 0 Å². The Balaban J connectivity index is 2.05. The molecule has 3 heteroatoms. The van der Waals surface area contributed by atoms with Crippen LogP contribution in [0.4, 0.5) is 0 Å². The summed E-state index contributed by atoms with van der Waals surface area (Å²) in [6, 6.07) is 8.54. The molecule has 3 rings (SSSR count). The molecule has 0 amide bonds. The second-order valence-corrected chi connectivity index (χ2v) is 5.90. The summed E-state index contributed by atoms with van der Waals surface area (Å²) in [6.45, 7) is 7.95. The van der Waals surface area contributed by atoms with E-state index in [1.807, 2.05) is 0 Å². The Hall–Kier alpha value is -1.74. The van der Waals surface area contributed by atoms with Gasteiger partial charge in [0.05, 0.1) is 5.69 Å². The van der Waals surface area contributed by atoms with Crippen molar-refractivity contribution in [3.63, 3.8) is 0 Å². The van der Waals surface area contributed by atoms with Crippen LogP contribution in [-0.2, 0) is 4.74 Å². The van der Waals surface area contributed by atoms with Gasteiger partial charge in [0.25, 0.3) is 0 Å². The fourth-order valence-corrected chi connectivity index (χ4v) is 2.86. The van der Waals surface area contributed by atoms with Crippen molar-refractivity contribution in [2.75, 3.05) is 13.2 Å². The number of aryl methyl sites for hydroxylation is 2. The predicted octanol–water partition coefficient (Wildman–Crippen LogP) is 3.96. The van der Waals surface area contributed by atoms with Crippen molar-refractivity contribution in [3.8, 4) is 11.3 Å². The predicted molar refractivity (Wildman–Crippen MR) is 84.5 cm³/mol. The molecule has 0 N–H and O–H groups in total. The Labute approximate surface area is 126 Å². The molecule has 1 aromatic carbocycles. The van der Waals surface area contributed by atoms with Crippen molar-refractivity contribution in [3.05, 3.63) is 46.9 Å². The van der Waals surface area contributed by atoms with E-state index in [4.69, 9.17) is 14.7 Å². The smallest absolute Gasteiger partial charge is 0.132 e. The zero-order valence-corrected chi connectivity index (χ0v) is 13.0. The highest BCUT2D eigenvalue weighted by atomic mass is 16.5. The number of rotatable bonds is 2. The summed E-state index contributed by atoms with van der Waals surface area (Å²) in [5.74, 6) is 1.42. The first-order chi connectivity index (χ1) is 10.1. The molecule has 1 aliphatic rings. The highest BCUT2D eigenvalue weighted by molar-refractivity contribution is 5.64. The molecular formula is C18H22N2O. The molecule has 0 bridgehead atoms. The lowest BCUT2D eigenvalue weighted by Gasteiger charge is -2.22. The summed E-state index contributed by atoms with van der Waals surface area (Å²) in [5.41, 5.74) is 5.79. The maximum Gasteiger partial charge on any atom is 0.132 e. The van der Waals surface area contributed by atoms with Gasteiger partial charge < -0.3 is 4.74 Å². The van der Waals surface area contributed by atoms with Gasteiger partial charge in [-0.05, 0) is 45.2 Å². The van der Waals surface area contributed by atoms with Gasteiger partial charge in [0.1, 0.15) is 5.82 Å². The molecule has 1 saturated heterocycles. The Morgan fingerprint density at radius 3 is 2.52 bits per heavy atom. The van der Waals surface area contributed by atoms with Crippen molar-refractivity contribution in [2.45, 2.75) is 39.5 Å². The molecule has 0 aliphatic carbocycles. The van der Waals surface area contributed by atoms with Crippen LogP contribution in [0.15, 0.2) is 24.3 Å². The lowest BCUT2D eigenvalue weighted by Crippen LogP contribution is -2.17. The molecule has 2 aromatic rings. The summed E-state index contributed by atoms with van der Waals surface area (Å²) >= 11 is 0. The first-order valence-corrected chi connectivity index (χ1v) is 7.65. The van der Waals surface area contributed by atoms with Crippen LogP contribution in [0, 0.1) is 20.8 Å². The highest BCUT2D eigenvalue weighted by Crippen LogP contribution is 2.29. The lowest BCUT2D eigenvalue weighted by atomic mass is 9.97. The van der Waals surface area contributed by atoms with E-state index in [1.165, 1.54) is 16.7 Å². The number of ether oxygens (including phenoxy) is 1. The molecule has 3 nitrogen and oxygen atoms in total. The van der Waals surface area contributed by atoms with E-state index in [1.54, 1.807) is 0 Å². The highest BCUT2D eigenvalue weighted by Gasteiger charge is 2.21. The topological polar surface area (TPSA) is 35.0 Å². The quantitative estimate of drug-likeness (QED) is 0.836. The fourth-order valence-electron chi connectivity index (χ4n) is 2.86. The molecule has 0 spiro atoms. The molecule has 1 aliphatic heterocycles. The maximum absolute atomic E-state index is 5.45. The Kier molecular flexibility index (Phi) is 4.02. The average Bonchev–Trinajstić information content (AvgIpc) is 2.51. The summed E-state index contributed by atoms with van der Waals surface area (Å²) < 4.78 is 5.45. The Morgan fingerprint density at radius 2 is 1.81 bits per heavy atom. The monoisotopic (exact) mass is 282 g/mol. The minimum absolute atomic E-state index is 0.432. The number of nitrogens with zero attached hydrogens (tertiary/aromatic N) is 2. The van der Waals surface area contributed by atoms with E-state index in [2.05, 4.69) is 45.0 Å². The summed E-state index contributed by atoms with van der Waals surface area (Å²) in [5, 5.41) is 0. The third kappa shape index (κ3) is 2.98. The minimum atomic E-state index is 0.432. The molecule has 21 heavy (non-hydrogen) atoms. The maximum atomic E-state index is 5.45. The first-order valence-electron chi connectivity index (χ1n) is 7.65. The van der Waals surface area contributed by atoms with Gasteiger partial charge in [-0.3, -0.25) is 0 Å². The Morgan fingerprint density at radius 1 is 1.05 bits per heavy atom. The van der Waals surface area contributed by atoms with Crippen LogP contribution < -0.4 is 0 Å². The second kappa shape index (κ2) is 5.94. The minimum Gasteiger partial charge on any atom is -0.381 e. The molecule has 2 heterocycles. The van der Waals surface area contributed by atoms with Gasteiger partial charge in [0, 0.05) is 30.4 Å². The van der Waals surface area contributed by atoms with E-state index < -0.39 is 0 Å². The molecule has 0 saturated carbocycles. The molecule has 0 unspecified atom stereocenters. The van der Waals surface area contributed by atoms with Crippen LogP contribution in [0.3, 0.4) is 0 Å². The van der Waals surface area contributed by atoms with Crippen molar-refractivity contribution in [1.29, 1.82) is 0 Å². The van der Waals surface area contributed by atoms with E-state index in [0.717, 1.165) is 43.3 Å². The third-order valence-electron chi connectivity index (χ3n) is 4.28. The van der Waals surface area contributed by atoms with Crippen LogP contribution in [0.1, 0.15) is 41.4 Å². The van der Waals surface area contributed by atoms with Gasteiger partial charge >= 0.3 is 0 Å². The molecule has 0 radical (unpaired) electrons. The van der Waals surface area contributed by atoms with Crippen LogP contribution in [0.5, 0.6) is 0 Å². The van der Waals surface area contributed by atoms with Crippen molar-refractivity contribution in [1.82, 2.24) is 9.97 Å². The molecular weight excluding hydrogens is 260 g/mol. The largest absolute Gasteiger partial charge is 0.381 e. The first kappa shape index (κ1) is 14.2.